The van der Waals surface area contributed by atoms with Crippen LogP contribution in [0.15, 0.2) is 36.5 Å². The quantitative estimate of drug-likeness (QED) is 0.768. The number of ether oxygens (including phenoxy) is 1. The Morgan fingerprint density at radius 1 is 1.15 bits per heavy atom. The third kappa shape index (κ3) is 3.09. The molecule has 4 rings (SSSR count). The van der Waals surface area contributed by atoms with Gasteiger partial charge in [0.2, 0.25) is 0 Å². The maximum absolute atomic E-state index is 13.5. The highest BCUT2D eigenvalue weighted by atomic mass is 19.2. The smallest absolute Gasteiger partial charge is 0.150 e. The van der Waals surface area contributed by atoms with Crippen LogP contribution in [0.5, 0.6) is 5.75 Å². The maximum atomic E-state index is 13.5. The molecule has 3 aromatic rings. The lowest BCUT2D eigenvalue weighted by Gasteiger charge is -2.16. The van der Waals surface area contributed by atoms with Crippen molar-refractivity contribution in [3.05, 3.63) is 36.5 Å². The third-order valence-corrected chi connectivity index (χ3v) is 4.43. The molecule has 7 heteroatoms. The highest BCUT2D eigenvalue weighted by Crippen LogP contribution is 2.32. The van der Waals surface area contributed by atoms with Crippen LogP contribution in [0.25, 0.3) is 22.2 Å². The first-order valence-electron chi connectivity index (χ1n) is 8.65. The molecule has 0 aliphatic carbocycles. The summed E-state index contributed by atoms with van der Waals surface area (Å²) in [5, 5.41) is 8.34. The number of pyridine rings is 1. The van der Waals surface area contributed by atoms with E-state index in [0.29, 0.717) is 5.82 Å². The zero-order chi connectivity index (χ0) is 18.3. The normalized spacial score (nSPS) is 20.3. The molecule has 1 aliphatic heterocycles. The summed E-state index contributed by atoms with van der Waals surface area (Å²) in [5.74, 6) is 1.32. The molecule has 3 heterocycles. The summed E-state index contributed by atoms with van der Waals surface area (Å²) in [4.78, 5) is 5.89. The van der Waals surface area contributed by atoms with Gasteiger partial charge in [0.15, 0.2) is 12.3 Å². The van der Waals surface area contributed by atoms with Crippen molar-refractivity contribution >= 4 is 16.7 Å². The maximum Gasteiger partial charge on any atom is 0.150 e. The Labute approximate surface area is 150 Å². The van der Waals surface area contributed by atoms with E-state index in [9.17, 15) is 8.78 Å². The number of hydrogen-bond acceptors (Lipinski definition) is 4. The number of anilines is 1. The first kappa shape index (κ1) is 16.8. The van der Waals surface area contributed by atoms with E-state index in [0.717, 1.165) is 27.9 Å². The molecule has 1 aliphatic rings. The number of hydrogen-bond donors (Lipinski definition) is 1. The van der Waals surface area contributed by atoms with Gasteiger partial charge in [-0.25, -0.2) is 13.8 Å². The van der Waals surface area contributed by atoms with E-state index in [4.69, 9.17) is 4.74 Å². The number of alkyl halides is 2. The fourth-order valence-corrected chi connectivity index (χ4v) is 3.21. The van der Waals surface area contributed by atoms with Crippen molar-refractivity contribution in [1.29, 1.82) is 0 Å². The Hall–Kier alpha value is -2.70. The average Bonchev–Trinajstić information content (AvgIpc) is 3.18. The molecule has 0 saturated carbocycles. The first-order chi connectivity index (χ1) is 12.5. The second-order valence-electron chi connectivity index (χ2n) is 6.79. The predicted molar refractivity (Wildman–Crippen MR) is 97.1 cm³/mol. The highest BCUT2D eigenvalue weighted by Gasteiger charge is 2.33. The molecule has 136 valence electrons. The summed E-state index contributed by atoms with van der Waals surface area (Å²) in [7, 11) is 0. The van der Waals surface area contributed by atoms with Crippen molar-refractivity contribution in [2.75, 3.05) is 18.0 Å². The van der Waals surface area contributed by atoms with Crippen LogP contribution in [-0.4, -0.2) is 46.7 Å². The summed E-state index contributed by atoms with van der Waals surface area (Å²) in [6.07, 6.45) is -1.23. The number of aromatic nitrogens is 3. The molecular weight excluding hydrogens is 338 g/mol. The minimum Gasteiger partial charge on any atom is -0.491 e. The topological polar surface area (TPSA) is 54.0 Å². The molecule has 1 fully saturated rings. The van der Waals surface area contributed by atoms with Crippen LogP contribution in [0, 0.1) is 0 Å². The van der Waals surface area contributed by atoms with Gasteiger partial charge in [-0.05, 0) is 44.2 Å². The van der Waals surface area contributed by atoms with Gasteiger partial charge in [-0.2, -0.15) is 5.10 Å². The Bertz CT molecular complexity index is 917. The Morgan fingerprint density at radius 2 is 1.92 bits per heavy atom. The molecule has 2 aromatic heterocycles. The van der Waals surface area contributed by atoms with E-state index >= 15 is 0 Å². The van der Waals surface area contributed by atoms with E-state index in [1.165, 1.54) is 0 Å². The van der Waals surface area contributed by atoms with Crippen LogP contribution >= 0.6 is 0 Å². The number of aromatic amines is 1. The predicted octanol–water partition coefficient (Wildman–Crippen LogP) is 3.91. The van der Waals surface area contributed by atoms with Crippen LogP contribution in [0.3, 0.4) is 0 Å². The Morgan fingerprint density at radius 3 is 2.65 bits per heavy atom. The molecule has 5 nitrogen and oxygen atoms in total. The fourth-order valence-electron chi connectivity index (χ4n) is 3.21. The summed E-state index contributed by atoms with van der Waals surface area (Å²) >= 11 is 0. The average molecular weight is 358 g/mol. The van der Waals surface area contributed by atoms with Crippen LogP contribution in [-0.2, 0) is 0 Å². The van der Waals surface area contributed by atoms with Gasteiger partial charge in [-0.3, -0.25) is 5.10 Å². The summed E-state index contributed by atoms with van der Waals surface area (Å²) in [6.45, 7) is 3.99. The summed E-state index contributed by atoms with van der Waals surface area (Å²) in [6, 6.07) is 9.42. The van der Waals surface area contributed by atoms with Crippen molar-refractivity contribution in [2.45, 2.75) is 32.3 Å². The molecule has 1 aromatic carbocycles. The van der Waals surface area contributed by atoms with E-state index < -0.39 is 12.3 Å². The number of fused-ring (bicyclic) bond motifs is 1. The number of nitrogens with zero attached hydrogens (tertiary/aromatic N) is 3. The lowest BCUT2D eigenvalue weighted by molar-refractivity contribution is 0.217. The SMILES string of the molecule is CC(C)Oc1ccc2[nH]nc(-c3ccnc(N4CC(F)[C@@H](F)C4)c3)c2c1. The van der Waals surface area contributed by atoms with Gasteiger partial charge in [-0.15, -0.1) is 0 Å². The fraction of sp³-hybridized carbons (Fsp3) is 0.368. The Kier molecular flexibility index (Phi) is 4.22. The van der Waals surface area contributed by atoms with Gasteiger partial charge in [0, 0.05) is 17.1 Å². The van der Waals surface area contributed by atoms with Crippen LogP contribution in [0.2, 0.25) is 0 Å². The van der Waals surface area contributed by atoms with E-state index in [2.05, 4.69) is 15.2 Å². The van der Waals surface area contributed by atoms with Gasteiger partial charge in [-0.1, -0.05) is 0 Å². The molecule has 0 amide bonds. The van der Waals surface area contributed by atoms with Crippen molar-refractivity contribution in [3.63, 3.8) is 0 Å². The molecule has 1 saturated heterocycles. The van der Waals surface area contributed by atoms with E-state index in [1.54, 1.807) is 11.1 Å². The van der Waals surface area contributed by atoms with Crippen LogP contribution in [0.4, 0.5) is 14.6 Å². The lowest BCUT2D eigenvalue weighted by Crippen LogP contribution is -2.21. The minimum atomic E-state index is -1.47. The van der Waals surface area contributed by atoms with Crippen molar-refractivity contribution < 1.29 is 13.5 Å². The number of halogens is 2. The molecule has 0 bridgehead atoms. The van der Waals surface area contributed by atoms with E-state index in [1.807, 2.05) is 44.2 Å². The number of nitrogens with one attached hydrogen (secondary N) is 1. The molecule has 1 N–H and O–H groups in total. The second kappa shape index (κ2) is 6.55. The van der Waals surface area contributed by atoms with E-state index in [-0.39, 0.29) is 19.2 Å². The standard InChI is InChI=1S/C19H20F2N4O/c1-11(2)26-13-3-4-17-14(8-13)19(24-23-17)12-5-6-22-18(7-12)25-9-15(20)16(21)10-25/h3-8,11,15-16H,9-10H2,1-2H3,(H,23,24)/t15-,16?/m0/s1. The van der Waals surface area contributed by atoms with Gasteiger partial charge in [0.05, 0.1) is 24.7 Å². The minimum absolute atomic E-state index is 0.0192. The molecular formula is C19H20F2N4O. The first-order valence-corrected chi connectivity index (χ1v) is 8.65. The number of H-pyrrole nitrogens is 1. The largest absolute Gasteiger partial charge is 0.491 e. The molecule has 2 atom stereocenters. The lowest BCUT2D eigenvalue weighted by atomic mass is 10.1. The molecule has 1 unspecified atom stereocenters. The monoisotopic (exact) mass is 358 g/mol. The Balaban J connectivity index is 1.70. The summed E-state index contributed by atoms with van der Waals surface area (Å²) < 4.78 is 32.8. The molecule has 0 radical (unpaired) electrons. The zero-order valence-corrected chi connectivity index (χ0v) is 14.6. The third-order valence-electron chi connectivity index (χ3n) is 4.43. The van der Waals surface area contributed by atoms with Crippen LogP contribution in [0.1, 0.15) is 13.8 Å². The van der Waals surface area contributed by atoms with Gasteiger partial charge in [0.1, 0.15) is 17.3 Å². The zero-order valence-electron chi connectivity index (χ0n) is 14.6. The summed E-state index contributed by atoms with van der Waals surface area (Å²) in [5.41, 5.74) is 2.48. The van der Waals surface area contributed by atoms with Crippen molar-refractivity contribution in [3.8, 4) is 17.0 Å². The van der Waals surface area contributed by atoms with Crippen molar-refractivity contribution in [1.82, 2.24) is 15.2 Å². The molecule has 0 spiro atoms. The highest BCUT2D eigenvalue weighted by molar-refractivity contribution is 5.94. The van der Waals surface area contributed by atoms with Crippen LogP contribution < -0.4 is 9.64 Å². The molecule has 26 heavy (non-hydrogen) atoms. The second-order valence-corrected chi connectivity index (χ2v) is 6.79. The number of rotatable bonds is 4. The van der Waals surface area contributed by atoms with Crippen molar-refractivity contribution in [2.24, 2.45) is 0 Å². The van der Waals surface area contributed by atoms with Gasteiger partial charge >= 0.3 is 0 Å². The van der Waals surface area contributed by atoms with Gasteiger partial charge in [0.25, 0.3) is 0 Å². The van der Waals surface area contributed by atoms with Gasteiger partial charge < -0.3 is 9.64 Å². The number of benzene rings is 1.